The number of benzene rings is 2. The van der Waals surface area contributed by atoms with E-state index in [-0.39, 0.29) is 6.61 Å². The molecule has 1 saturated carbocycles. The van der Waals surface area contributed by atoms with Crippen molar-refractivity contribution >= 4 is 39.0 Å². The zero-order chi connectivity index (χ0) is 23.8. The van der Waals surface area contributed by atoms with E-state index in [1.807, 2.05) is 62.4 Å². The van der Waals surface area contributed by atoms with Crippen LogP contribution >= 0.6 is 11.3 Å². The van der Waals surface area contributed by atoms with Gasteiger partial charge in [-0.3, -0.25) is 0 Å². The number of nitrogens with zero attached hydrogens (tertiary/aromatic N) is 3. The minimum absolute atomic E-state index is 0.190. The highest BCUT2D eigenvalue weighted by molar-refractivity contribution is 7.21. The molecule has 2 aromatic carbocycles. The van der Waals surface area contributed by atoms with E-state index in [2.05, 4.69) is 10.6 Å². The average Bonchev–Trinajstić information content (AvgIpc) is 3.36. The lowest BCUT2D eigenvalue weighted by atomic mass is 10.1. The fraction of sp³-hybridized carbons (Fsp3) is 0.320. The van der Waals surface area contributed by atoms with Crippen LogP contribution in [0, 0.1) is 19.8 Å². The zero-order valence-corrected chi connectivity index (χ0v) is 19.8. The smallest absolute Gasteiger partial charge is 0.229 e. The number of anilines is 3. The monoisotopic (exact) mass is 477 g/mol. The fourth-order valence-corrected chi connectivity index (χ4v) is 5.42. The summed E-state index contributed by atoms with van der Waals surface area (Å²) in [6, 6.07) is 15.4. The molecule has 0 bridgehead atoms. The van der Waals surface area contributed by atoms with Gasteiger partial charge in [-0.25, -0.2) is 9.97 Å². The Morgan fingerprint density at radius 2 is 1.74 bits per heavy atom. The van der Waals surface area contributed by atoms with E-state index >= 15 is 0 Å². The molecule has 1 aliphatic carbocycles. The molecular weight excluding hydrogens is 450 g/mol. The van der Waals surface area contributed by atoms with Crippen LogP contribution in [0.25, 0.3) is 20.8 Å². The van der Waals surface area contributed by atoms with Crippen molar-refractivity contribution in [3.8, 4) is 10.6 Å². The highest BCUT2D eigenvalue weighted by Crippen LogP contribution is 2.38. The van der Waals surface area contributed by atoms with Gasteiger partial charge in [-0.2, -0.15) is 4.98 Å². The second-order valence-corrected chi connectivity index (χ2v) is 9.78. The van der Waals surface area contributed by atoms with E-state index in [1.165, 1.54) is 0 Å². The van der Waals surface area contributed by atoms with Crippen molar-refractivity contribution in [2.45, 2.75) is 38.5 Å². The molecule has 1 aliphatic rings. The van der Waals surface area contributed by atoms with Crippen molar-refractivity contribution in [1.29, 1.82) is 0 Å². The van der Waals surface area contributed by atoms with E-state index in [0.29, 0.717) is 18.2 Å². The molecule has 4 atom stereocenters. The highest BCUT2D eigenvalue weighted by atomic mass is 32.1. The number of aromatic nitrogens is 3. The van der Waals surface area contributed by atoms with Gasteiger partial charge in [0.15, 0.2) is 0 Å². The summed E-state index contributed by atoms with van der Waals surface area (Å²) in [5.74, 6) is 0.544. The van der Waals surface area contributed by atoms with Crippen LogP contribution in [-0.4, -0.2) is 55.1 Å². The van der Waals surface area contributed by atoms with Crippen molar-refractivity contribution in [3.63, 3.8) is 0 Å². The number of nitrogens with one attached hydrogen (secondary N) is 2. The number of fused-ring (bicyclic) bond motifs is 1. The van der Waals surface area contributed by atoms with E-state index < -0.39 is 24.2 Å². The Morgan fingerprint density at radius 3 is 2.44 bits per heavy atom. The van der Waals surface area contributed by atoms with Crippen molar-refractivity contribution < 1.29 is 15.3 Å². The third kappa shape index (κ3) is 4.35. The van der Waals surface area contributed by atoms with Gasteiger partial charge in [0.1, 0.15) is 16.9 Å². The van der Waals surface area contributed by atoms with Crippen molar-refractivity contribution in [2.24, 2.45) is 5.92 Å². The van der Waals surface area contributed by atoms with Crippen LogP contribution in [0.5, 0.6) is 0 Å². The molecule has 0 spiro atoms. The van der Waals surface area contributed by atoms with Gasteiger partial charge in [0.05, 0.1) is 33.6 Å². The molecule has 0 saturated heterocycles. The number of rotatable bonds is 6. The molecule has 34 heavy (non-hydrogen) atoms. The highest BCUT2D eigenvalue weighted by Gasteiger charge is 2.41. The first kappa shape index (κ1) is 22.7. The molecule has 8 nitrogen and oxygen atoms in total. The predicted octanol–water partition coefficient (Wildman–Crippen LogP) is 3.63. The Hall–Kier alpha value is -3.11. The number of hydrogen-bond acceptors (Lipinski definition) is 9. The lowest BCUT2D eigenvalue weighted by Crippen LogP contribution is -2.35. The molecular formula is C25H27N5O3S. The van der Waals surface area contributed by atoms with Crippen molar-refractivity contribution in [3.05, 3.63) is 59.8 Å². The topological polar surface area (TPSA) is 123 Å². The predicted molar refractivity (Wildman–Crippen MR) is 134 cm³/mol. The molecule has 5 N–H and O–H groups in total. The van der Waals surface area contributed by atoms with Crippen LogP contribution in [0.3, 0.4) is 0 Å². The standard InChI is InChI=1S/C25H27N5O3S/c1-13-7-9-16(10-8-13)27-25-26-14(2)20(24-29-17-5-3-4-6-19(17)34-24)23(30-25)28-18-11-15(12-31)21(32)22(18)33/h3-10,15,18,21-22,31-33H,11-12H2,1-2H3,(H2,26,27,28,30). The summed E-state index contributed by atoms with van der Waals surface area (Å²) < 4.78 is 1.06. The van der Waals surface area contributed by atoms with E-state index in [1.54, 1.807) is 11.3 Å². The summed E-state index contributed by atoms with van der Waals surface area (Å²) in [5, 5.41) is 37.8. The van der Waals surface area contributed by atoms with Gasteiger partial charge < -0.3 is 26.0 Å². The fourth-order valence-electron chi connectivity index (χ4n) is 4.36. The maximum absolute atomic E-state index is 10.6. The third-order valence-corrected chi connectivity index (χ3v) is 7.32. The summed E-state index contributed by atoms with van der Waals surface area (Å²) in [6.45, 7) is 3.75. The first-order valence-corrected chi connectivity index (χ1v) is 12.1. The minimum Gasteiger partial charge on any atom is -0.396 e. The molecule has 1 fully saturated rings. The maximum atomic E-state index is 10.6. The number of aliphatic hydroxyl groups is 3. The quantitative estimate of drug-likeness (QED) is 0.285. The van der Waals surface area contributed by atoms with E-state index in [4.69, 9.17) is 15.0 Å². The lowest BCUT2D eigenvalue weighted by molar-refractivity contribution is 0.00446. The molecule has 4 unspecified atom stereocenters. The lowest BCUT2D eigenvalue weighted by Gasteiger charge is -2.21. The number of aliphatic hydroxyl groups excluding tert-OH is 3. The molecule has 0 radical (unpaired) electrons. The molecule has 176 valence electrons. The maximum Gasteiger partial charge on any atom is 0.229 e. The largest absolute Gasteiger partial charge is 0.396 e. The van der Waals surface area contributed by atoms with Gasteiger partial charge >= 0.3 is 0 Å². The van der Waals surface area contributed by atoms with Crippen LogP contribution < -0.4 is 10.6 Å². The van der Waals surface area contributed by atoms with Crippen LogP contribution in [0.15, 0.2) is 48.5 Å². The second-order valence-electron chi connectivity index (χ2n) is 8.74. The number of thiazole rings is 1. The van der Waals surface area contributed by atoms with Crippen LogP contribution in [0.4, 0.5) is 17.5 Å². The first-order chi connectivity index (χ1) is 16.4. The molecule has 9 heteroatoms. The van der Waals surface area contributed by atoms with E-state index in [0.717, 1.165) is 37.7 Å². The molecule has 4 aromatic rings. The minimum atomic E-state index is -1.02. The van der Waals surface area contributed by atoms with Gasteiger partial charge in [-0.15, -0.1) is 11.3 Å². The molecule has 0 amide bonds. The molecule has 2 aromatic heterocycles. The Bertz CT molecular complexity index is 1280. The Kier molecular flexibility index (Phi) is 6.18. The summed E-state index contributed by atoms with van der Waals surface area (Å²) in [4.78, 5) is 14.2. The molecule has 0 aliphatic heterocycles. The van der Waals surface area contributed by atoms with Crippen molar-refractivity contribution in [2.75, 3.05) is 17.2 Å². The van der Waals surface area contributed by atoms with Crippen LogP contribution in [0.2, 0.25) is 0 Å². The van der Waals surface area contributed by atoms with Gasteiger partial charge in [-0.1, -0.05) is 29.8 Å². The molecule has 5 rings (SSSR count). The zero-order valence-electron chi connectivity index (χ0n) is 18.9. The molecule has 2 heterocycles. The average molecular weight is 478 g/mol. The second kappa shape index (κ2) is 9.27. The number of hydrogen-bond donors (Lipinski definition) is 5. The van der Waals surface area contributed by atoms with Crippen molar-refractivity contribution in [1.82, 2.24) is 15.0 Å². The Balaban J connectivity index is 1.56. The Morgan fingerprint density at radius 1 is 0.971 bits per heavy atom. The Labute approximate surface area is 201 Å². The SMILES string of the molecule is Cc1ccc(Nc2nc(C)c(-c3nc4ccccc4s3)c(NC3CC(CO)C(O)C3O)n2)cc1. The van der Waals surface area contributed by atoms with Gasteiger partial charge in [0.2, 0.25) is 5.95 Å². The summed E-state index contributed by atoms with van der Waals surface area (Å²) >= 11 is 1.55. The normalized spacial score (nSPS) is 22.3. The van der Waals surface area contributed by atoms with Gasteiger partial charge in [0.25, 0.3) is 0 Å². The summed E-state index contributed by atoms with van der Waals surface area (Å²) in [7, 11) is 0. The summed E-state index contributed by atoms with van der Waals surface area (Å²) in [6.07, 6.45) is -1.60. The third-order valence-electron chi connectivity index (χ3n) is 6.26. The summed E-state index contributed by atoms with van der Waals surface area (Å²) in [5.41, 5.74) is 4.40. The first-order valence-electron chi connectivity index (χ1n) is 11.2. The van der Waals surface area contributed by atoms with Crippen LogP contribution in [0.1, 0.15) is 17.7 Å². The number of para-hydroxylation sites is 1. The van der Waals surface area contributed by atoms with Gasteiger partial charge in [-0.05, 0) is 44.5 Å². The van der Waals surface area contributed by atoms with Crippen LogP contribution in [-0.2, 0) is 0 Å². The van der Waals surface area contributed by atoms with Gasteiger partial charge in [0, 0.05) is 18.2 Å². The number of aryl methyl sites for hydroxylation is 2. The van der Waals surface area contributed by atoms with E-state index in [9.17, 15) is 15.3 Å².